The lowest BCUT2D eigenvalue weighted by Crippen LogP contribution is -2.36. The number of benzene rings is 1. The Hall–Kier alpha value is -1.91. The average molecular weight is 280 g/mol. The standard InChI is InChI=1S/C15H21FN2O2/c1-11(2)15(20)18-9-8-17-14(19)7-6-12-4-3-5-13(16)10-12/h3-5,10-11H,6-9H2,1-2H3,(H,17,19)(H,18,20). The van der Waals surface area contributed by atoms with Gasteiger partial charge in [-0.25, -0.2) is 4.39 Å². The largest absolute Gasteiger partial charge is 0.354 e. The summed E-state index contributed by atoms with van der Waals surface area (Å²) in [6, 6.07) is 6.22. The highest BCUT2D eigenvalue weighted by atomic mass is 19.1. The zero-order valence-corrected chi connectivity index (χ0v) is 11.9. The van der Waals surface area contributed by atoms with Crippen LogP contribution in [-0.2, 0) is 16.0 Å². The fourth-order valence-electron chi connectivity index (χ4n) is 1.63. The molecule has 0 spiro atoms. The fourth-order valence-corrected chi connectivity index (χ4v) is 1.63. The van der Waals surface area contributed by atoms with E-state index in [1.807, 2.05) is 13.8 Å². The summed E-state index contributed by atoms with van der Waals surface area (Å²) < 4.78 is 12.9. The van der Waals surface area contributed by atoms with Crippen LogP contribution in [0.5, 0.6) is 0 Å². The minimum Gasteiger partial charge on any atom is -0.354 e. The normalized spacial score (nSPS) is 10.4. The summed E-state index contributed by atoms with van der Waals surface area (Å²) in [5.74, 6) is -0.481. The molecule has 0 bridgehead atoms. The zero-order chi connectivity index (χ0) is 15.0. The summed E-state index contributed by atoms with van der Waals surface area (Å²) in [6.07, 6.45) is 0.809. The van der Waals surface area contributed by atoms with Gasteiger partial charge in [0.15, 0.2) is 0 Å². The molecule has 1 aromatic rings. The Balaban J connectivity index is 2.16. The molecule has 4 nitrogen and oxygen atoms in total. The first-order valence-electron chi connectivity index (χ1n) is 6.78. The van der Waals surface area contributed by atoms with Crippen LogP contribution in [0.3, 0.4) is 0 Å². The Morgan fingerprint density at radius 3 is 2.55 bits per heavy atom. The van der Waals surface area contributed by atoms with Crippen molar-refractivity contribution < 1.29 is 14.0 Å². The van der Waals surface area contributed by atoms with Crippen molar-refractivity contribution in [3.05, 3.63) is 35.6 Å². The van der Waals surface area contributed by atoms with Crippen LogP contribution in [0.15, 0.2) is 24.3 Å². The lowest BCUT2D eigenvalue weighted by Gasteiger charge is -2.08. The second-order valence-electron chi connectivity index (χ2n) is 4.93. The van der Waals surface area contributed by atoms with Gasteiger partial charge in [0, 0.05) is 25.4 Å². The van der Waals surface area contributed by atoms with Crippen molar-refractivity contribution in [2.24, 2.45) is 5.92 Å². The summed E-state index contributed by atoms with van der Waals surface area (Å²) in [7, 11) is 0. The van der Waals surface area contributed by atoms with Gasteiger partial charge in [0.05, 0.1) is 0 Å². The third kappa shape index (κ3) is 6.31. The number of halogens is 1. The maximum atomic E-state index is 12.9. The summed E-state index contributed by atoms with van der Waals surface area (Å²) in [5, 5.41) is 5.43. The van der Waals surface area contributed by atoms with Crippen molar-refractivity contribution >= 4 is 11.8 Å². The molecule has 0 fully saturated rings. The first kappa shape index (κ1) is 16.1. The lowest BCUT2D eigenvalue weighted by molar-refractivity contribution is -0.124. The van der Waals surface area contributed by atoms with Crippen LogP contribution in [0.1, 0.15) is 25.8 Å². The van der Waals surface area contributed by atoms with Gasteiger partial charge in [-0.2, -0.15) is 0 Å². The Labute approximate surface area is 118 Å². The minimum absolute atomic E-state index is 0.0287. The number of aryl methyl sites for hydroxylation is 1. The topological polar surface area (TPSA) is 58.2 Å². The van der Waals surface area contributed by atoms with Gasteiger partial charge in [-0.1, -0.05) is 26.0 Å². The molecule has 0 radical (unpaired) electrons. The second-order valence-corrected chi connectivity index (χ2v) is 4.93. The predicted octanol–water partition coefficient (Wildman–Crippen LogP) is 1.65. The molecule has 0 aliphatic carbocycles. The summed E-state index contributed by atoms with van der Waals surface area (Å²) in [5.41, 5.74) is 0.799. The highest BCUT2D eigenvalue weighted by Gasteiger charge is 2.06. The van der Waals surface area contributed by atoms with Crippen LogP contribution >= 0.6 is 0 Å². The van der Waals surface area contributed by atoms with E-state index in [0.717, 1.165) is 5.56 Å². The zero-order valence-electron chi connectivity index (χ0n) is 11.9. The minimum atomic E-state index is -0.292. The van der Waals surface area contributed by atoms with E-state index < -0.39 is 0 Å². The molecule has 1 aromatic carbocycles. The molecular formula is C15H21FN2O2. The molecular weight excluding hydrogens is 259 g/mol. The van der Waals surface area contributed by atoms with Crippen LogP contribution in [-0.4, -0.2) is 24.9 Å². The van der Waals surface area contributed by atoms with E-state index in [9.17, 15) is 14.0 Å². The Morgan fingerprint density at radius 2 is 1.90 bits per heavy atom. The molecule has 1 rings (SSSR count). The van der Waals surface area contributed by atoms with E-state index in [1.165, 1.54) is 12.1 Å². The van der Waals surface area contributed by atoms with Crippen molar-refractivity contribution in [1.29, 1.82) is 0 Å². The van der Waals surface area contributed by atoms with Crippen molar-refractivity contribution in [1.82, 2.24) is 10.6 Å². The van der Waals surface area contributed by atoms with Crippen LogP contribution in [0.25, 0.3) is 0 Å². The number of carbonyl (C=O) groups is 2. The van der Waals surface area contributed by atoms with Gasteiger partial charge < -0.3 is 10.6 Å². The quantitative estimate of drug-likeness (QED) is 0.746. The van der Waals surface area contributed by atoms with Crippen LogP contribution < -0.4 is 10.6 Å². The van der Waals surface area contributed by atoms with Crippen molar-refractivity contribution in [2.75, 3.05) is 13.1 Å². The van der Waals surface area contributed by atoms with Gasteiger partial charge in [-0.15, -0.1) is 0 Å². The van der Waals surface area contributed by atoms with Crippen LogP contribution in [0.2, 0.25) is 0 Å². The molecule has 0 unspecified atom stereocenters. The Bertz CT molecular complexity index is 461. The molecule has 2 N–H and O–H groups in total. The van der Waals surface area contributed by atoms with E-state index in [4.69, 9.17) is 0 Å². The van der Waals surface area contributed by atoms with Gasteiger partial charge >= 0.3 is 0 Å². The number of rotatable bonds is 7. The lowest BCUT2D eigenvalue weighted by atomic mass is 10.1. The smallest absolute Gasteiger partial charge is 0.222 e. The number of hydrogen-bond acceptors (Lipinski definition) is 2. The Kier molecular flexibility index (Phi) is 6.70. The van der Waals surface area contributed by atoms with Gasteiger partial charge in [0.25, 0.3) is 0 Å². The van der Waals surface area contributed by atoms with E-state index in [-0.39, 0.29) is 23.5 Å². The van der Waals surface area contributed by atoms with E-state index >= 15 is 0 Å². The molecule has 2 amide bonds. The van der Waals surface area contributed by atoms with Crippen molar-refractivity contribution in [3.63, 3.8) is 0 Å². The molecule has 20 heavy (non-hydrogen) atoms. The fraction of sp³-hybridized carbons (Fsp3) is 0.467. The van der Waals surface area contributed by atoms with Crippen LogP contribution in [0, 0.1) is 11.7 Å². The third-order valence-electron chi connectivity index (χ3n) is 2.80. The molecule has 0 atom stereocenters. The van der Waals surface area contributed by atoms with E-state index in [2.05, 4.69) is 10.6 Å². The second kappa shape index (κ2) is 8.30. The molecule has 110 valence electrons. The monoisotopic (exact) mass is 280 g/mol. The van der Waals surface area contributed by atoms with E-state index in [0.29, 0.717) is 25.9 Å². The van der Waals surface area contributed by atoms with Crippen molar-refractivity contribution in [2.45, 2.75) is 26.7 Å². The molecule has 0 saturated heterocycles. The molecule has 0 heterocycles. The van der Waals surface area contributed by atoms with Gasteiger partial charge in [0.2, 0.25) is 11.8 Å². The maximum Gasteiger partial charge on any atom is 0.222 e. The first-order chi connectivity index (χ1) is 9.49. The highest BCUT2D eigenvalue weighted by Crippen LogP contribution is 2.05. The van der Waals surface area contributed by atoms with Gasteiger partial charge in [-0.05, 0) is 24.1 Å². The maximum absolute atomic E-state index is 12.9. The first-order valence-corrected chi connectivity index (χ1v) is 6.78. The number of nitrogens with one attached hydrogen (secondary N) is 2. The Morgan fingerprint density at radius 1 is 1.20 bits per heavy atom. The number of hydrogen-bond donors (Lipinski definition) is 2. The molecule has 0 saturated carbocycles. The molecule has 0 aliphatic heterocycles. The number of amides is 2. The summed E-state index contributed by atoms with van der Waals surface area (Å²) >= 11 is 0. The SMILES string of the molecule is CC(C)C(=O)NCCNC(=O)CCc1cccc(F)c1. The average Bonchev–Trinajstić information content (AvgIpc) is 2.41. The van der Waals surface area contributed by atoms with Gasteiger partial charge in [0.1, 0.15) is 5.82 Å². The third-order valence-corrected chi connectivity index (χ3v) is 2.80. The summed E-state index contributed by atoms with van der Waals surface area (Å²) in [4.78, 5) is 22.8. The van der Waals surface area contributed by atoms with Crippen LogP contribution in [0.4, 0.5) is 4.39 Å². The van der Waals surface area contributed by atoms with E-state index in [1.54, 1.807) is 12.1 Å². The molecule has 5 heteroatoms. The molecule has 0 aliphatic rings. The van der Waals surface area contributed by atoms with Crippen molar-refractivity contribution in [3.8, 4) is 0 Å². The predicted molar refractivity (Wildman–Crippen MR) is 75.6 cm³/mol. The van der Waals surface area contributed by atoms with Gasteiger partial charge in [-0.3, -0.25) is 9.59 Å². The number of carbonyl (C=O) groups excluding carboxylic acids is 2. The molecule has 0 aromatic heterocycles. The highest BCUT2D eigenvalue weighted by molar-refractivity contribution is 5.78. The summed E-state index contributed by atoms with van der Waals surface area (Å²) in [6.45, 7) is 4.45.